The summed E-state index contributed by atoms with van der Waals surface area (Å²) < 4.78 is 11.4. The number of anilines is 2. The van der Waals surface area contributed by atoms with E-state index in [0.29, 0.717) is 22.7 Å². The van der Waals surface area contributed by atoms with Gasteiger partial charge in [-0.1, -0.05) is 15.9 Å². The van der Waals surface area contributed by atoms with Gasteiger partial charge >= 0.3 is 0 Å². The first-order valence-electron chi connectivity index (χ1n) is 5.86. The molecule has 0 saturated carbocycles. The molecule has 2 aromatic rings. The number of hydrogen-bond donors (Lipinski definition) is 1. The van der Waals surface area contributed by atoms with Crippen LogP contribution in [0.15, 0.2) is 40.9 Å². The molecule has 0 saturated heterocycles. The van der Waals surface area contributed by atoms with Gasteiger partial charge in [0.2, 0.25) is 0 Å². The smallest absolute Gasteiger partial charge is 0.145 e. The highest BCUT2D eigenvalue weighted by Gasteiger charge is 2.08. The van der Waals surface area contributed by atoms with Gasteiger partial charge in [-0.05, 0) is 30.3 Å². The Kier molecular flexibility index (Phi) is 4.49. The number of nitriles is 1. The van der Waals surface area contributed by atoms with Gasteiger partial charge in [-0.2, -0.15) is 5.26 Å². The molecule has 5 heteroatoms. The summed E-state index contributed by atoms with van der Waals surface area (Å²) in [5.41, 5.74) is 2.04. The summed E-state index contributed by atoms with van der Waals surface area (Å²) in [4.78, 5) is 0. The molecule has 0 aliphatic heterocycles. The number of rotatable bonds is 4. The first-order chi connectivity index (χ1) is 9.67. The maximum absolute atomic E-state index is 9.14. The second-order valence-electron chi connectivity index (χ2n) is 3.99. The van der Waals surface area contributed by atoms with Crippen LogP contribution in [0.5, 0.6) is 11.5 Å². The molecule has 2 rings (SSSR count). The van der Waals surface area contributed by atoms with E-state index >= 15 is 0 Å². The third-order valence-electron chi connectivity index (χ3n) is 2.78. The van der Waals surface area contributed by atoms with Crippen LogP contribution in [0.1, 0.15) is 5.56 Å². The molecule has 1 N–H and O–H groups in total. The number of methoxy groups -OCH3 is 2. The van der Waals surface area contributed by atoms with Gasteiger partial charge in [0.15, 0.2) is 0 Å². The van der Waals surface area contributed by atoms with Gasteiger partial charge in [0, 0.05) is 10.5 Å². The van der Waals surface area contributed by atoms with E-state index < -0.39 is 0 Å². The molecule has 0 radical (unpaired) electrons. The second-order valence-corrected chi connectivity index (χ2v) is 4.91. The van der Waals surface area contributed by atoms with Crippen molar-refractivity contribution in [1.82, 2.24) is 0 Å². The minimum atomic E-state index is 0.561. The van der Waals surface area contributed by atoms with Crippen LogP contribution >= 0.6 is 15.9 Å². The summed E-state index contributed by atoms with van der Waals surface area (Å²) in [6.07, 6.45) is 0. The van der Waals surface area contributed by atoms with Gasteiger partial charge in [-0.25, -0.2) is 0 Å². The quantitative estimate of drug-likeness (QED) is 0.916. The lowest BCUT2D eigenvalue weighted by molar-refractivity contribution is 0.395. The van der Waals surface area contributed by atoms with E-state index in [0.717, 1.165) is 10.2 Å². The molecule has 0 aromatic heterocycles. The number of nitrogens with zero attached hydrogens (tertiary/aromatic N) is 1. The molecule has 0 unspecified atom stereocenters. The topological polar surface area (TPSA) is 54.3 Å². The summed E-state index contributed by atoms with van der Waals surface area (Å²) >= 11 is 3.40. The highest BCUT2D eigenvalue weighted by Crippen LogP contribution is 2.33. The van der Waals surface area contributed by atoms with Crippen LogP contribution in [0.3, 0.4) is 0 Å². The Morgan fingerprint density at radius 3 is 2.50 bits per heavy atom. The second kappa shape index (κ2) is 6.31. The Bertz CT molecular complexity index is 665. The van der Waals surface area contributed by atoms with E-state index in [1.165, 1.54) is 0 Å². The lowest BCUT2D eigenvalue weighted by Gasteiger charge is -2.13. The molecule has 0 fully saturated rings. The van der Waals surface area contributed by atoms with Crippen LogP contribution < -0.4 is 14.8 Å². The van der Waals surface area contributed by atoms with Gasteiger partial charge in [-0.3, -0.25) is 0 Å². The van der Waals surface area contributed by atoms with Crippen LogP contribution in [-0.2, 0) is 0 Å². The first-order valence-corrected chi connectivity index (χ1v) is 6.66. The zero-order valence-corrected chi connectivity index (χ0v) is 12.7. The van der Waals surface area contributed by atoms with Gasteiger partial charge in [0.1, 0.15) is 17.6 Å². The van der Waals surface area contributed by atoms with Gasteiger partial charge < -0.3 is 14.8 Å². The fourth-order valence-electron chi connectivity index (χ4n) is 1.76. The molecule has 0 atom stereocenters. The number of nitrogens with one attached hydrogen (secondary N) is 1. The first kappa shape index (κ1) is 14.2. The van der Waals surface area contributed by atoms with Crippen LogP contribution in [0.25, 0.3) is 0 Å². The average Bonchev–Trinajstić information content (AvgIpc) is 2.48. The Morgan fingerprint density at radius 1 is 1.05 bits per heavy atom. The van der Waals surface area contributed by atoms with E-state index in [4.69, 9.17) is 14.7 Å². The summed E-state index contributed by atoms with van der Waals surface area (Å²) in [7, 11) is 3.19. The van der Waals surface area contributed by atoms with Crippen molar-refractivity contribution in [2.24, 2.45) is 0 Å². The van der Waals surface area contributed by atoms with Crippen molar-refractivity contribution in [3.8, 4) is 17.6 Å². The van der Waals surface area contributed by atoms with Gasteiger partial charge in [0.05, 0.1) is 31.2 Å². The number of halogens is 1. The SMILES string of the molecule is COc1ccc(Nc2cc(Br)ccc2C#N)c(OC)c1. The predicted octanol–water partition coefficient (Wildman–Crippen LogP) is 4.08. The zero-order valence-electron chi connectivity index (χ0n) is 11.1. The predicted molar refractivity (Wildman–Crippen MR) is 81.7 cm³/mol. The van der Waals surface area contributed by atoms with Crippen LogP contribution in [0.4, 0.5) is 11.4 Å². The third-order valence-corrected chi connectivity index (χ3v) is 3.27. The normalized spacial score (nSPS) is 9.70. The molecule has 0 amide bonds. The maximum Gasteiger partial charge on any atom is 0.145 e. The molecule has 0 aliphatic rings. The number of benzene rings is 2. The number of ether oxygens (including phenoxy) is 2. The van der Waals surface area contributed by atoms with Gasteiger partial charge in [0.25, 0.3) is 0 Å². The van der Waals surface area contributed by atoms with Crippen molar-refractivity contribution in [3.05, 3.63) is 46.4 Å². The molecule has 0 spiro atoms. The molecule has 0 aliphatic carbocycles. The standard InChI is InChI=1S/C15H13BrN2O2/c1-19-12-5-6-13(15(8-12)20-2)18-14-7-11(16)4-3-10(14)9-17/h3-8,18H,1-2H3. The van der Waals surface area contributed by atoms with E-state index in [2.05, 4.69) is 27.3 Å². The Labute approximate surface area is 126 Å². The van der Waals surface area contributed by atoms with E-state index in [9.17, 15) is 0 Å². The number of hydrogen-bond acceptors (Lipinski definition) is 4. The fraction of sp³-hybridized carbons (Fsp3) is 0.133. The monoisotopic (exact) mass is 332 g/mol. The summed E-state index contributed by atoms with van der Waals surface area (Å²) in [5, 5.41) is 12.3. The van der Waals surface area contributed by atoms with Crippen molar-refractivity contribution in [2.75, 3.05) is 19.5 Å². The molecular formula is C15H13BrN2O2. The van der Waals surface area contributed by atoms with Crippen molar-refractivity contribution < 1.29 is 9.47 Å². The Balaban J connectivity index is 2.40. The summed E-state index contributed by atoms with van der Waals surface area (Å²) in [6, 6.07) is 13.0. The fourth-order valence-corrected chi connectivity index (χ4v) is 2.13. The third kappa shape index (κ3) is 3.03. The van der Waals surface area contributed by atoms with E-state index in [1.807, 2.05) is 24.3 Å². The minimum Gasteiger partial charge on any atom is -0.497 e. The molecule has 2 aromatic carbocycles. The van der Waals surface area contributed by atoms with E-state index in [1.54, 1.807) is 26.4 Å². The Morgan fingerprint density at radius 2 is 1.85 bits per heavy atom. The maximum atomic E-state index is 9.14. The van der Waals surface area contributed by atoms with Crippen LogP contribution in [0.2, 0.25) is 0 Å². The van der Waals surface area contributed by atoms with Crippen LogP contribution in [-0.4, -0.2) is 14.2 Å². The molecule has 0 heterocycles. The van der Waals surface area contributed by atoms with Crippen molar-refractivity contribution in [2.45, 2.75) is 0 Å². The minimum absolute atomic E-state index is 0.561. The molecule has 102 valence electrons. The van der Waals surface area contributed by atoms with E-state index in [-0.39, 0.29) is 0 Å². The van der Waals surface area contributed by atoms with Crippen molar-refractivity contribution >= 4 is 27.3 Å². The van der Waals surface area contributed by atoms with Gasteiger partial charge in [-0.15, -0.1) is 0 Å². The lowest BCUT2D eigenvalue weighted by atomic mass is 10.2. The highest BCUT2D eigenvalue weighted by atomic mass is 79.9. The van der Waals surface area contributed by atoms with Crippen molar-refractivity contribution in [1.29, 1.82) is 5.26 Å². The Hall–Kier alpha value is -2.19. The largest absolute Gasteiger partial charge is 0.497 e. The summed E-state index contributed by atoms with van der Waals surface area (Å²) in [5.74, 6) is 1.36. The average molecular weight is 333 g/mol. The molecular weight excluding hydrogens is 320 g/mol. The zero-order chi connectivity index (χ0) is 14.5. The van der Waals surface area contributed by atoms with Crippen LogP contribution in [0, 0.1) is 11.3 Å². The summed E-state index contributed by atoms with van der Waals surface area (Å²) in [6.45, 7) is 0. The highest BCUT2D eigenvalue weighted by molar-refractivity contribution is 9.10. The molecule has 20 heavy (non-hydrogen) atoms. The molecule has 0 bridgehead atoms. The molecule has 4 nitrogen and oxygen atoms in total. The lowest BCUT2D eigenvalue weighted by Crippen LogP contribution is -1.97. The van der Waals surface area contributed by atoms with Crippen molar-refractivity contribution in [3.63, 3.8) is 0 Å².